The number of aromatic nitrogens is 1. The molecule has 2 heterocycles. The number of nitrogens with one attached hydrogen (secondary N) is 1. The minimum atomic E-state index is -4.87. The second kappa shape index (κ2) is 16.1. The van der Waals surface area contributed by atoms with Crippen molar-refractivity contribution in [2.24, 2.45) is 11.8 Å². The topological polar surface area (TPSA) is 101 Å². The molecular formula is C38H46F5N3O5. The highest BCUT2D eigenvalue weighted by molar-refractivity contribution is 5.83. The molecule has 1 aliphatic heterocycles. The van der Waals surface area contributed by atoms with Crippen LogP contribution < -0.4 is 10.9 Å². The SMILES string of the molecule is CCOC(=O)CC(O)(NC(=O)C(CC(C)C)n1cc(CCN2CC(CF)C2)c(C(F)(F)F)cc1=O)c1cc(-c2c(C)cccc2C)cc(C)c1F. The fourth-order valence-electron chi connectivity index (χ4n) is 6.73. The first-order valence-electron chi connectivity index (χ1n) is 17.1. The number of likely N-dealkylation sites (tertiary alicyclic amines) is 1. The summed E-state index contributed by atoms with van der Waals surface area (Å²) in [5, 5.41) is 14.5. The van der Waals surface area contributed by atoms with Crippen molar-refractivity contribution in [1.29, 1.82) is 0 Å². The Morgan fingerprint density at radius 2 is 1.69 bits per heavy atom. The summed E-state index contributed by atoms with van der Waals surface area (Å²) in [4.78, 5) is 42.3. The Balaban J connectivity index is 1.81. The molecule has 1 aliphatic rings. The van der Waals surface area contributed by atoms with Crippen molar-refractivity contribution in [1.82, 2.24) is 14.8 Å². The van der Waals surface area contributed by atoms with Gasteiger partial charge in [0.25, 0.3) is 5.56 Å². The third kappa shape index (κ3) is 9.23. The van der Waals surface area contributed by atoms with Gasteiger partial charge in [-0.1, -0.05) is 32.0 Å². The van der Waals surface area contributed by atoms with E-state index in [1.807, 2.05) is 32.0 Å². The van der Waals surface area contributed by atoms with Gasteiger partial charge in [0.1, 0.15) is 11.9 Å². The van der Waals surface area contributed by atoms with Gasteiger partial charge in [-0.15, -0.1) is 0 Å². The molecule has 2 atom stereocenters. The molecule has 2 aromatic carbocycles. The van der Waals surface area contributed by atoms with E-state index >= 15 is 4.39 Å². The number of rotatable bonds is 14. The van der Waals surface area contributed by atoms with E-state index in [1.165, 1.54) is 19.9 Å². The molecule has 2 unspecified atom stereocenters. The zero-order valence-corrected chi connectivity index (χ0v) is 29.8. The lowest BCUT2D eigenvalue weighted by Gasteiger charge is -2.38. The first-order valence-corrected chi connectivity index (χ1v) is 17.1. The van der Waals surface area contributed by atoms with Crippen LogP contribution in [0, 0.1) is 38.4 Å². The Morgan fingerprint density at radius 1 is 1.04 bits per heavy atom. The Bertz CT molecular complexity index is 1780. The Labute approximate surface area is 294 Å². The highest BCUT2D eigenvalue weighted by Crippen LogP contribution is 2.36. The molecule has 1 aromatic heterocycles. The maximum absolute atomic E-state index is 16.1. The summed E-state index contributed by atoms with van der Waals surface area (Å²) in [7, 11) is 0. The van der Waals surface area contributed by atoms with E-state index in [0.29, 0.717) is 24.7 Å². The molecule has 13 heteroatoms. The van der Waals surface area contributed by atoms with Crippen molar-refractivity contribution in [3.63, 3.8) is 0 Å². The molecule has 1 saturated heterocycles. The van der Waals surface area contributed by atoms with Gasteiger partial charge < -0.3 is 24.6 Å². The van der Waals surface area contributed by atoms with Crippen LogP contribution in [-0.2, 0) is 32.6 Å². The van der Waals surface area contributed by atoms with Gasteiger partial charge in [-0.2, -0.15) is 13.2 Å². The maximum atomic E-state index is 16.1. The summed E-state index contributed by atoms with van der Waals surface area (Å²) in [5.41, 5.74) is -2.51. The van der Waals surface area contributed by atoms with Crippen LogP contribution in [0.4, 0.5) is 22.0 Å². The van der Waals surface area contributed by atoms with Crippen molar-refractivity contribution in [3.05, 3.63) is 92.1 Å². The third-order valence-corrected chi connectivity index (χ3v) is 9.26. The predicted octanol–water partition coefficient (Wildman–Crippen LogP) is 6.54. The molecule has 2 N–H and O–H groups in total. The number of amides is 1. The lowest BCUT2D eigenvalue weighted by Crippen LogP contribution is -2.51. The molecule has 51 heavy (non-hydrogen) atoms. The minimum Gasteiger partial charge on any atom is -0.466 e. The van der Waals surface area contributed by atoms with E-state index in [-0.39, 0.29) is 49.0 Å². The van der Waals surface area contributed by atoms with Gasteiger partial charge in [-0.05, 0) is 92.0 Å². The number of ether oxygens (including phenoxy) is 1. The van der Waals surface area contributed by atoms with Crippen molar-refractivity contribution in [3.8, 4) is 11.1 Å². The lowest BCUT2D eigenvalue weighted by molar-refractivity contribution is -0.153. The van der Waals surface area contributed by atoms with E-state index in [2.05, 4.69) is 5.32 Å². The van der Waals surface area contributed by atoms with E-state index in [1.54, 1.807) is 24.8 Å². The average Bonchev–Trinajstić information content (AvgIpc) is 3.00. The molecule has 1 amide bonds. The molecule has 4 rings (SSSR count). The molecule has 278 valence electrons. The van der Waals surface area contributed by atoms with Gasteiger partial charge in [0, 0.05) is 43.4 Å². The summed E-state index contributed by atoms with van der Waals surface area (Å²) >= 11 is 0. The first-order chi connectivity index (χ1) is 23.9. The molecule has 8 nitrogen and oxygen atoms in total. The highest BCUT2D eigenvalue weighted by Gasteiger charge is 2.41. The summed E-state index contributed by atoms with van der Waals surface area (Å²) < 4.78 is 77.4. The van der Waals surface area contributed by atoms with E-state index < -0.39 is 65.4 Å². The van der Waals surface area contributed by atoms with Crippen LogP contribution in [0.25, 0.3) is 11.1 Å². The van der Waals surface area contributed by atoms with Crippen LogP contribution in [0.2, 0.25) is 0 Å². The summed E-state index contributed by atoms with van der Waals surface area (Å²) in [6.07, 6.45) is -4.96. The fraction of sp³-hybridized carbons (Fsp3) is 0.500. The van der Waals surface area contributed by atoms with E-state index in [0.717, 1.165) is 27.5 Å². The van der Waals surface area contributed by atoms with Crippen molar-refractivity contribution in [2.75, 3.05) is 32.9 Å². The van der Waals surface area contributed by atoms with Crippen LogP contribution in [0.15, 0.2) is 47.4 Å². The number of esters is 1. The number of carbonyl (C=O) groups excluding carboxylic acids is 2. The molecule has 3 aromatic rings. The standard InChI is InChI=1S/C38H46F5N3O5/c1-7-51-33(48)17-37(50,30-15-28(14-25(6)35(30)40)34-23(4)9-8-10-24(34)5)44-36(49)31(13-22(2)3)46-21-27(11-12-45-19-26(18-39)20-45)29(16-32(46)47)38(41,42)43/h8-10,14-16,21-22,26,31,50H,7,11-13,17-20H2,1-6H3,(H,44,49). The van der Waals surface area contributed by atoms with E-state index in [4.69, 9.17) is 4.74 Å². The number of alkyl halides is 4. The highest BCUT2D eigenvalue weighted by atomic mass is 19.4. The van der Waals surface area contributed by atoms with Crippen molar-refractivity contribution >= 4 is 11.9 Å². The van der Waals surface area contributed by atoms with Gasteiger partial charge in [-0.3, -0.25) is 18.8 Å². The van der Waals surface area contributed by atoms with Crippen LogP contribution >= 0.6 is 0 Å². The Kier molecular flexibility index (Phi) is 12.5. The molecule has 0 spiro atoms. The van der Waals surface area contributed by atoms with Gasteiger partial charge in [0.15, 0.2) is 5.72 Å². The van der Waals surface area contributed by atoms with Gasteiger partial charge >= 0.3 is 12.1 Å². The van der Waals surface area contributed by atoms with Crippen LogP contribution in [-0.4, -0.2) is 59.4 Å². The van der Waals surface area contributed by atoms with Crippen LogP contribution in [0.3, 0.4) is 0 Å². The van der Waals surface area contributed by atoms with Gasteiger partial charge in [0.2, 0.25) is 5.91 Å². The average molecular weight is 720 g/mol. The van der Waals surface area contributed by atoms with Gasteiger partial charge in [-0.25, -0.2) is 4.39 Å². The van der Waals surface area contributed by atoms with Crippen molar-refractivity contribution < 1.29 is 41.4 Å². The summed E-state index contributed by atoms with van der Waals surface area (Å²) in [6, 6.07) is 7.51. The van der Waals surface area contributed by atoms with Gasteiger partial charge in [0.05, 0.1) is 25.3 Å². The molecule has 0 aliphatic carbocycles. The first kappa shape index (κ1) is 39.7. The summed E-state index contributed by atoms with van der Waals surface area (Å²) in [5.74, 6) is -3.32. The zero-order valence-electron chi connectivity index (χ0n) is 29.8. The Morgan fingerprint density at radius 3 is 2.25 bits per heavy atom. The van der Waals surface area contributed by atoms with Crippen LogP contribution in [0.1, 0.15) is 73.0 Å². The predicted molar refractivity (Wildman–Crippen MR) is 183 cm³/mol. The quantitative estimate of drug-likeness (QED) is 0.112. The molecule has 0 bridgehead atoms. The normalized spacial score (nSPS) is 15.7. The molecule has 1 fully saturated rings. The number of aryl methyl sites for hydroxylation is 3. The minimum absolute atomic E-state index is 0.0553. The second-order valence-corrected chi connectivity index (χ2v) is 13.9. The lowest BCUT2D eigenvalue weighted by atomic mass is 9.88. The third-order valence-electron chi connectivity index (χ3n) is 9.26. The number of benzene rings is 2. The van der Waals surface area contributed by atoms with E-state index in [9.17, 15) is 37.1 Å². The number of carbonyl (C=O) groups is 2. The summed E-state index contributed by atoms with van der Waals surface area (Å²) in [6.45, 7) is 10.6. The number of aliphatic hydroxyl groups is 1. The zero-order chi connectivity index (χ0) is 37.8. The second-order valence-electron chi connectivity index (χ2n) is 13.9. The smallest absolute Gasteiger partial charge is 0.416 e. The maximum Gasteiger partial charge on any atom is 0.416 e. The number of halogens is 5. The molecular weight excluding hydrogens is 673 g/mol. The number of nitrogens with zero attached hydrogens (tertiary/aromatic N) is 2. The number of pyridine rings is 1. The van der Waals surface area contributed by atoms with Crippen LogP contribution in [0.5, 0.6) is 0 Å². The monoisotopic (exact) mass is 719 g/mol. The molecule has 0 radical (unpaired) electrons. The molecule has 0 saturated carbocycles. The van der Waals surface area contributed by atoms with Crippen molar-refractivity contribution in [2.45, 2.75) is 78.7 Å². The number of hydrogen-bond donors (Lipinski definition) is 2. The largest absolute Gasteiger partial charge is 0.466 e. The Hall–Kier alpha value is -4.10. The fourth-order valence-corrected chi connectivity index (χ4v) is 6.73. The number of hydrogen-bond acceptors (Lipinski definition) is 6.